The molecular formula is C38H49N3O10. The van der Waals surface area contributed by atoms with E-state index in [1.165, 1.54) is 14.2 Å². The number of nitrogens with zero attached hydrogens (tertiary/aromatic N) is 1. The van der Waals surface area contributed by atoms with Crippen molar-refractivity contribution in [1.82, 2.24) is 10.3 Å². The Bertz CT molecular complexity index is 1670. The summed E-state index contributed by atoms with van der Waals surface area (Å²) in [6.45, 7) is 2.31. The van der Waals surface area contributed by atoms with Gasteiger partial charge in [-0.1, -0.05) is 25.1 Å². The lowest BCUT2D eigenvalue weighted by Crippen LogP contribution is -2.46. The summed E-state index contributed by atoms with van der Waals surface area (Å²) in [5.41, 5.74) is 8.34. The van der Waals surface area contributed by atoms with Crippen molar-refractivity contribution >= 4 is 11.8 Å². The number of aliphatic carboxylic acids is 1. The van der Waals surface area contributed by atoms with Crippen LogP contribution in [0.5, 0.6) is 28.7 Å². The Labute approximate surface area is 297 Å². The predicted molar refractivity (Wildman–Crippen MR) is 189 cm³/mol. The van der Waals surface area contributed by atoms with Crippen LogP contribution in [0.25, 0.3) is 0 Å². The molecule has 0 amide bonds. The zero-order valence-electron chi connectivity index (χ0n) is 29.1. The third-order valence-corrected chi connectivity index (χ3v) is 9.98. The van der Waals surface area contributed by atoms with Crippen molar-refractivity contribution in [2.24, 2.45) is 17.8 Å². The third-order valence-electron chi connectivity index (χ3n) is 9.98. The van der Waals surface area contributed by atoms with Gasteiger partial charge in [0, 0.05) is 36.6 Å². The van der Waals surface area contributed by atoms with Crippen LogP contribution in [0.4, 0.5) is 5.82 Å². The van der Waals surface area contributed by atoms with Crippen LogP contribution in [-0.4, -0.2) is 88.7 Å². The number of carboxylic acids is 1. The summed E-state index contributed by atoms with van der Waals surface area (Å²) in [6, 6.07) is 11.6. The number of ether oxygens (including phenoxy) is 4. The molecule has 1 fully saturated rings. The minimum absolute atomic E-state index is 0.00807. The van der Waals surface area contributed by atoms with Crippen LogP contribution in [0.2, 0.25) is 0 Å². The molecule has 1 aliphatic carbocycles. The summed E-state index contributed by atoms with van der Waals surface area (Å²) < 4.78 is 23.7. The van der Waals surface area contributed by atoms with Crippen molar-refractivity contribution in [3.05, 3.63) is 77.5 Å². The summed E-state index contributed by atoms with van der Waals surface area (Å²) in [5.74, 6) is -2.18. The molecule has 276 valence electrons. The molecule has 1 aromatic heterocycles. The highest BCUT2D eigenvalue weighted by Crippen LogP contribution is 2.46. The van der Waals surface area contributed by atoms with Gasteiger partial charge in [0.1, 0.15) is 12.4 Å². The number of carbonyl (C=O) groups is 1. The summed E-state index contributed by atoms with van der Waals surface area (Å²) in [7, 11) is 2.91. The maximum absolute atomic E-state index is 12.4. The first-order chi connectivity index (χ1) is 24.6. The number of methoxy groups -OCH3 is 2. The molecule has 8 atom stereocenters. The van der Waals surface area contributed by atoms with Crippen molar-refractivity contribution in [2.45, 2.75) is 62.9 Å². The second-order valence-electron chi connectivity index (χ2n) is 13.1. The van der Waals surface area contributed by atoms with Crippen molar-refractivity contribution in [3.63, 3.8) is 0 Å². The van der Waals surface area contributed by atoms with Crippen molar-refractivity contribution < 1.29 is 49.3 Å². The van der Waals surface area contributed by atoms with E-state index in [9.17, 15) is 30.3 Å². The van der Waals surface area contributed by atoms with Gasteiger partial charge in [0.25, 0.3) is 0 Å². The number of hydrogen-bond acceptors (Lipinski definition) is 12. The highest BCUT2D eigenvalue weighted by atomic mass is 16.5. The van der Waals surface area contributed by atoms with E-state index in [1.807, 2.05) is 25.1 Å². The SMILES string of the molecule is CCN[C@H](COc1cc([C@H]2O[C@@H](CCc3ccc(O)c(OC)c3)C[C@H](O)[C@@H]2CCO)cc(OC)c1O)[C@@H]1[C@@H](C(=O)O)C=C[C@@H]1c1ccnc(N)c1. The Balaban J connectivity index is 1.40. The summed E-state index contributed by atoms with van der Waals surface area (Å²) in [5, 5.41) is 56.0. The topological polar surface area (TPSA) is 206 Å². The zero-order chi connectivity index (χ0) is 36.7. The lowest BCUT2D eigenvalue weighted by Gasteiger charge is -2.40. The number of nitrogens with two attached hydrogens (primary N) is 1. The lowest BCUT2D eigenvalue weighted by atomic mass is 9.79. The molecule has 1 aliphatic heterocycles. The monoisotopic (exact) mass is 707 g/mol. The molecule has 5 rings (SSSR count). The third kappa shape index (κ3) is 8.67. The second kappa shape index (κ2) is 17.1. The number of anilines is 1. The number of benzene rings is 2. The number of aromatic nitrogens is 1. The Morgan fingerprint density at radius 1 is 1.04 bits per heavy atom. The fourth-order valence-corrected chi connectivity index (χ4v) is 7.47. The van der Waals surface area contributed by atoms with Gasteiger partial charge in [0.15, 0.2) is 23.0 Å². The average molecular weight is 708 g/mol. The van der Waals surface area contributed by atoms with E-state index in [4.69, 9.17) is 24.7 Å². The van der Waals surface area contributed by atoms with Gasteiger partial charge in [-0.25, -0.2) is 4.98 Å². The highest BCUT2D eigenvalue weighted by Gasteiger charge is 2.43. The first-order valence-electron chi connectivity index (χ1n) is 17.3. The predicted octanol–water partition coefficient (Wildman–Crippen LogP) is 3.94. The maximum Gasteiger partial charge on any atom is 0.310 e. The summed E-state index contributed by atoms with van der Waals surface area (Å²) >= 11 is 0. The van der Waals surface area contributed by atoms with E-state index < -0.39 is 42.0 Å². The molecule has 2 aromatic carbocycles. The lowest BCUT2D eigenvalue weighted by molar-refractivity contribution is -0.144. The molecule has 13 heteroatoms. The van der Waals surface area contributed by atoms with Gasteiger partial charge in [-0.15, -0.1) is 0 Å². The van der Waals surface area contributed by atoms with Crippen LogP contribution < -0.4 is 25.3 Å². The number of phenolic OH excluding ortho intramolecular Hbond substituents is 2. The molecular weight excluding hydrogens is 658 g/mol. The van der Waals surface area contributed by atoms with Crippen LogP contribution in [0.1, 0.15) is 54.9 Å². The number of phenols is 2. The van der Waals surface area contributed by atoms with E-state index in [-0.39, 0.29) is 54.7 Å². The van der Waals surface area contributed by atoms with E-state index in [1.54, 1.807) is 42.6 Å². The molecule has 1 saturated heterocycles. The van der Waals surface area contributed by atoms with E-state index >= 15 is 0 Å². The molecule has 2 aliphatic rings. The number of aryl methyl sites for hydroxylation is 1. The molecule has 0 bridgehead atoms. The number of nitrogen functional groups attached to an aromatic ring is 1. The zero-order valence-corrected chi connectivity index (χ0v) is 29.1. The standard InChI is InChI=1S/C38H49N3O10/c1-4-40-28(35-25(8-9-27(35)38(46)47)22-11-13-41-34(39)18-22)20-50-33-17-23(16-32(49-3)36(33)45)37-26(12-14-42)30(44)19-24(51-37)7-5-21-6-10-29(43)31(15-21)48-2/h6,8-11,13,15-18,24-28,30,35,37,40,42-45H,4-5,7,12,14,19-20H2,1-3H3,(H2,39,41)(H,46,47)/t24-,25+,26-,27-,28+,30-,35-,37+/m0/s1. The number of allylic oxidation sites excluding steroid dienone is 1. The van der Waals surface area contributed by atoms with Gasteiger partial charge >= 0.3 is 5.97 Å². The van der Waals surface area contributed by atoms with Crippen LogP contribution >= 0.6 is 0 Å². The summed E-state index contributed by atoms with van der Waals surface area (Å²) in [6.07, 6.45) is 5.20. The van der Waals surface area contributed by atoms with Crippen LogP contribution in [-0.2, 0) is 16.0 Å². The molecule has 0 radical (unpaired) electrons. The molecule has 2 heterocycles. The minimum atomic E-state index is -0.961. The molecule has 51 heavy (non-hydrogen) atoms. The average Bonchev–Trinajstić information content (AvgIpc) is 3.57. The molecule has 3 aromatic rings. The Hall–Kier alpha value is -4.56. The second-order valence-corrected chi connectivity index (χ2v) is 13.1. The molecule has 8 N–H and O–H groups in total. The number of pyridine rings is 1. The number of aliphatic hydroxyl groups is 2. The molecule has 0 saturated carbocycles. The van der Waals surface area contributed by atoms with Crippen LogP contribution in [0, 0.1) is 17.8 Å². The Kier molecular flexibility index (Phi) is 12.6. The van der Waals surface area contributed by atoms with Gasteiger partial charge in [0.05, 0.1) is 38.4 Å². The van der Waals surface area contributed by atoms with Gasteiger partial charge in [-0.2, -0.15) is 0 Å². The Morgan fingerprint density at radius 2 is 1.80 bits per heavy atom. The number of nitrogens with one attached hydrogen (secondary N) is 1. The first-order valence-corrected chi connectivity index (χ1v) is 17.3. The van der Waals surface area contributed by atoms with Crippen molar-refractivity contribution in [1.29, 1.82) is 0 Å². The Morgan fingerprint density at radius 3 is 2.49 bits per heavy atom. The van der Waals surface area contributed by atoms with Crippen LogP contribution in [0.15, 0.2) is 60.8 Å². The highest BCUT2D eigenvalue weighted by molar-refractivity contribution is 5.74. The smallest absolute Gasteiger partial charge is 0.310 e. The van der Waals surface area contributed by atoms with Crippen molar-refractivity contribution in [3.8, 4) is 28.7 Å². The van der Waals surface area contributed by atoms with Crippen molar-refractivity contribution in [2.75, 3.05) is 39.7 Å². The van der Waals surface area contributed by atoms with E-state index in [0.29, 0.717) is 42.9 Å². The fraction of sp³-hybridized carbons (Fsp3) is 0.474. The van der Waals surface area contributed by atoms with Gasteiger partial charge < -0.3 is 55.5 Å². The van der Waals surface area contributed by atoms with Gasteiger partial charge in [-0.3, -0.25) is 4.79 Å². The van der Waals surface area contributed by atoms with Gasteiger partial charge in [0.2, 0.25) is 5.75 Å². The number of aromatic hydroxyl groups is 2. The number of aliphatic hydroxyl groups excluding tert-OH is 2. The number of rotatable bonds is 16. The number of hydrogen-bond donors (Lipinski definition) is 7. The van der Waals surface area contributed by atoms with Crippen LogP contribution in [0.3, 0.4) is 0 Å². The molecule has 13 nitrogen and oxygen atoms in total. The van der Waals surface area contributed by atoms with E-state index in [2.05, 4.69) is 10.3 Å². The minimum Gasteiger partial charge on any atom is -0.504 e. The fourth-order valence-electron chi connectivity index (χ4n) is 7.47. The summed E-state index contributed by atoms with van der Waals surface area (Å²) in [4.78, 5) is 16.5. The quantitative estimate of drug-likeness (QED) is 0.106. The number of likely N-dealkylation sites (N-methyl/N-ethyl adjacent to an activating group) is 1. The normalized spacial score (nSPS) is 25.0. The molecule has 0 spiro atoms. The van der Waals surface area contributed by atoms with Gasteiger partial charge in [-0.05, 0) is 85.3 Å². The largest absolute Gasteiger partial charge is 0.504 e. The molecule has 0 unspecified atom stereocenters. The first kappa shape index (κ1) is 37.7. The number of carboxylic acid groups (broad SMARTS) is 1. The maximum atomic E-state index is 12.4. The van der Waals surface area contributed by atoms with E-state index in [0.717, 1.165) is 11.1 Å².